The predicted octanol–water partition coefficient (Wildman–Crippen LogP) is 0.940. The smallest absolute Gasteiger partial charge is 0.260 e. The summed E-state index contributed by atoms with van der Waals surface area (Å²) in [6, 6.07) is 5.75. The van der Waals surface area contributed by atoms with Gasteiger partial charge in [-0.15, -0.1) is 0 Å². The lowest BCUT2D eigenvalue weighted by atomic mass is 9.49. The average Bonchev–Trinajstić information content (AvgIpc) is 3.49. The molecular weight excluding hydrogens is 413 g/mol. The van der Waals surface area contributed by atoms with E-state index < -0.39 is 5.24 Å². The first-order valence-corrected chi connectivity index (χ1v) is 10.6. The second-order valence-electron chi connectivity index (χ2n) is 8.16. The Morgan fingerprint density at radius 2 is 1.91 bits per heavy atom. The SMILES string of the molecule is [B]C([B])([B])n1cc(-c2ccc3cnc(NC(=O)c4cnn(C5CCNCC5)c4)cc3n2)cn1. The van der Waals surface area contributed by atoms with E-state index in [0.717, 1.165) is 31.3 Å². The van der Waals surface area contributed by atoms with Gasteiger partial charge in [0.25, 0.3) is 5.91 Å². The summed E-state index contributed by atoms with van der Waals surface area (Å²) in [5.74, 6) is 0.122. The van der Waals surface area contributed by atoms with Crippen LogP contribution in [-0.2, 0) is 5.24 Å². The summed E-state index contributed by atoms with van der Waals surface area (Å²) in [5.41, 5.74) is 2.51. The summed E-state index contributed by atoms with van der Waals surface area (Å²) >= 11 is 0. The number of carbonyl (C=O) groups excluding carboxylic acids is 1. The van der Waals surface area contributed by atoms with Crippen molar-refractivity contribution in [3.63, 3.8) is 0 Å². The Morgan fingerprint density at radius 3 is 2.67 bits per heavy atom. The molecule has 0 bridgehead atoms. The van der Waals surface area contributed by atoms with Crippen molar-refractivity contribution >= 4 is 46.2 Å². The molecule has 4 aromatic heterocycles. The maximum atomic E-state index is 12.7. The van der Waals surface area contributed by atoms with Gasteiger partial charge in [-0.1, -0.05) is 0 Å². The summed E-state index contributed by atoms with van der Waals surface area (Å²) in [4.78, 5) is 21.7. The summed E-state index contributed by atoms with van der Waals surface area (Å²) in [7, 11) is 17.0. The van der Waals surface area contributed by atoms with E-state index >= 15 is 0 Å². The van der Waals surface area contributed by atoms with E-state index in [0.29, 0.717) is 34.2 Å². The highest BCUT2D eigenvalue weighted by Gasteiger charge is 2.18. The molecule has 5 rings (SSSR count). The highest BCUT2D eigenvalue weighted by Crippen LogP contribution is 2.23. The fourth-order valence-electron chi connectivity index (χ4n) is 3.83. The molecule has 0 aliphatic carbocycles. The van der Waals surface area contributed by atoms with Gasteiger partial charge < -0.3 is 10.6 Å². The number of anilines is 1. The third-order valence-corrected chi connectivity index (χ3v) is 5.64. The fraction of sp³-hybridized carbons (Fsp3) is 0.286. The molecule has 4 aromatic rings. The number of hydrogen-bond donors (Lipinski definition) is 2. The highest BCUT2D eigenvalue weighted by atomic mass is 16.1. The predicted molar refractivity (Wildman–Crippen MR) is 127 cm³/mol. The van der Waals surface area contributed by atoms with Gasteiger partial charge in [0.2, 0.25) is 0 Å². The fourth-order valence-corrected chi connectivity index (χ4v) is 3.83. The molecule has 1 amide bonds. The average molecular weight is 432 g/mol. The van der Waals surface area contributed by atoms with Crippen LogP contribution < -0.4 is 10.6 Å². The Morgan fingerprint density at radius 1 is 1.09 bits per heavy atom. The standard InChI is InChI=1S/C21H19B3N8O/c22-21(23,24)32-12-14(9-28-32)17-2-1-13-8-26-19(7-18(13)29-17)30-20(33)15-10-27-31(11-15)16-3-5-25-6-4-16/h1-2,7-12,16,25H,3-6H2,(H,26,30,33). The Balaban J connectivity index is 1.35. The van der Waals surface area contributed by atoms with Crippen molar-refractivity contribution in [2.24, 2.45) is 0 Å². The summed E-state index contributed by atoms with van der Waals surface area (Å²) in [5, 5.41) is 13.9. The third-order valence-electron chi connectivity index (χ3n) is 5.64. The van der Waals surface area contributed by atoms with Crippen molar-refractivity contribution in [2.45, 2.75) is 24.1 Å². The number of pyridine rings is 2. The largest absolute Gasteiger partial charge is 0.317 e. The van der Waals surface area contributed by atoms with Gasteiger partial charge in [0, 0.05) is 35.6 Å². The first kappa shape index (κ1) is 21.5. The zero-order valence-electron chi connectivity index (χ0n) is 17.8. The molecule has 0 aromatic carbocycles. The highest BCUT2D eigenvalue weighted by molar-refractivity contribution is 6.56. The van der Waals surface area contributed by atoms with Gasteiger partial charge in [-0.2, -0.15) is 10.2 Å². The van der Waals surface area contributed by atoms with Crippen molar-refractivity contribution in [2.75, 3.05) is 18.4 Å². The van der Waals surface area contributed by atoms with Crippen LogP contribution in [0, 0.1) is 0 Å². The van der Waals surface area contributed by atoms with Gasteiger partial charge in [-0.3, -0.25) is 14.2 Å². The second-order valence-corrected chi connectivity index (χ2v) is 8.16. The number of hydrogen-bond acceptors (Lipinski definition) is 6. The molecule has 0 spiro atoms. The van der Waals surface area contributed by atoms with Gasteiger partial charge in [0.05, 0.1) is 58.7 Å². The van der Waals surface area contributed by atoms with Gasteiger partial charge >= 0.3 is 0 Å². The molecule has 5 heterocycles. The molecule has 9 nitrogen and oxygen atoms in total. The number of aromatic nitrogens is 6. The molecule has 1 aliphatic heterocycles. The zero-order valence-corrected chi connectivity index (χ0v) is 17.8. The van der Waals surface area contributed by atoms with Gasteiger partial charge in [0.15, 0.2) is 0 Å². The van der Waals surface area contributed by atoms with Crippen molar-refractivity contribution in [3.05, 3.63) is 54.7 Å². The third kappa shape index (κ3) is 4.56. The summed E-state index contributed by atoms with van der Waals surface area (Å²) < 4.78 is 3.13. The molecule has 1 aliphatic rings. The molecule has 2 N–H and O–H groups in total. The van der Waals surface area contributed by atoms with Crippen LogP contribution in [0.2, 0.25) is 0 Å². The first-order valence-electron chi connectivity index (χ1n) is 10.6. The number of rotatable bonds is 5. The first-order chi connectivity index (χ1) is 15.9. The minimum Gasteiger partial charge on any atom is -0.317 e. The number of carbonyl (C=O) groups is 1. The van der Waals surface area contributed by atoms with Gasteiger partial charge in [0.1, 0.15) is 5.82 Å². The monoisotopic (exact) mass is 432 g/mol. The van der Waals surface area contributed by atoms with E-state index in [1.54, 1.807) is 37.1 Å². The minimum atomic E-state index is -1.60. The van der Waals surface area contributed by atoms with Crippen molar-refractivity contribution in [1.82, 2.24) is 34.8 Å². The van der Waals surface area contributed by atoms with Crippen LogP contribution in [0.5, 0.6) is 0 Å². The van der Waals surface area contributed by atoms with Gasteiger partial charge in [-0.25, -0.2) is 9.97 Å². The maximum Gasteiger partial charge on any atom is 0.260 e. The van der Waals surface area contributed by atoms with Crippen LogP contribution in [0.25, 0.3) is 22.2 Å². The molecular formula is C21H19B3N8O. The lowest BCUT2D eigenvalue weighted by Crippen LogP contribution is -2.35. The van der Waals surface area contributed by atoms with E-state index in [1.165, 1.54) is 4.68 Å². The van der Waals surface area contributed by atoms with Crippen molar-refractivity contribution in [3.8, 4) is 11.3 Å². The Kier molecular flexibility index (Phi) is 5.53. The summed E-state index contributed by atoms with van der Waals surface area (Å²) in [6.07, 6.45) is 10.2. The van der Waals surface area contributed by atoms with Crippen LogP contribution in [0.15, 0.2) is 49.2 Å². The van der Waals surface area contributed by atoms with Crippen LogP contribution in [0.3, 0.4) is 0 Å². The molecule has 1 saturated heterocycles. The number of amides is 1. The molecule has 0 atom stereocenters. The molecule has 0 saturated carbocycles. The van der Waals surface area contributed by atoms with Crippen molar-refractivity contribution < 1.29 is 4.79 Å². The minimum absolute atomic E-state index is 0.273. The Bertz CT molecular complexity index is 1310. The molecule has 158 valence electrons. The maximum absolute atomic E-state index is 12.7. The van der Waals surface area contributed by atoms with E-state index in [1.807, 2.05) is 16.8 Å². The molecule has 0 unspecified atom stereocenters. The lowest BCUT2D eigenvalue weighted by molar-refractivity contribution is 0.102. The molecule has 12 heteroatoms. The van der Waals surface area contributed by atoms with Crippen LogP contribution in [-0.4, -0.2) is 72.1 Å². The van der Waals surface area contributed by atoms with Gasteiger partial charge in [-0.05, 0) is 43.3 Å². The zero-order chi connectivity index (χ0) is 23.0. The van der Waals surface area contributed by atoms with Crippen LogP contribution >= 0.6 is 0 Å². The van der Waals surface area contributed by atoms with E-state index in [2.05, 4.69) is 30.8 Å². The number of piperidine rings is 1. The lowest BCUT2D eigenvalue weighted by Gasteiger charge is -2.22. The number of nitrogens with one attached hydrogen (secondary N) is 2. The topological polar surface area (TPSA) is 103 Å². The van der Waals surface area contributed by atoms with E-state index in [9.17, 15) is 4.79 Å². The Hall–Kier alpha value is -3.40. The van der Waals surface area contributed by atoms with Crippen LogP contribution in [0.1, 0.15) is 29.2 Å². The van der Waals surface area contributed by atoms with E-state index in [-0.39, 0.29) is 5.91 Å². The summed E-state index contributed by atoms with van der Waals surface area (Å²) in [6.45, 7) is 1.91. The normalized spacial score (nSPS) is 15.0. The van der Waals surface area contributed by atoms with Crippen molar-refractivity contribution in [1.29, 1.82) is 0 Å². The second kappa shape index (κ2) is 8.51. The molecule has 1 fully saturated rings. The quantitative estimate of drug-likeness (QED) is 0.456. The van der Waals surface area contributed by atoms with Crippen LogP contribution in [0.4, 0.5) is 5.82 Å². The number of fused-ring (bicyclic) bond motifs is 1. The Labute approximate surface area is 194 Å². The van der Waals surface area contributed by atoms with E-state index in [4.69, 9.17) is 23.5 Å². The molecule has 33 heavy (non-hydrogen) atoms. The molecule has 6 radical (unpaired) electrons. The number of nitrogens with zero attached hydrogens (tertiary/aromatic N) is 6.